The number of fused-ring (bicyclic) bond motifs is 1. The fourth-order valence-electron chi connectivity index (χ4n) is 2.30. The van der Waals surface area contributed by atoms with Crippen LogP contribution in [-0.4, -0.2) is 19.6 Å². The van der Waals surface area contributed by atoms with Gasteiger partial charge < -0.3 is 5.11 Å². The first kappa shape index (κ1) is 13.3. The fraction of sp³-hybridized carbons (Fsp3) is 0.133. The lowest BCUT2D eigenvalue weighted by Crippen LogP contribution is -2.01. The van der Waals surface area contributed by atoms with Crippen molar-refractivity contribution < 1.29 is 10.0 Å². The highest BCUT2D eigenvalue weighted by molar-refractivity contribution is 5.78. The molecule has 1 heterocycles. The van der Waals surface area contributed by atoms with E-state index in [1.807, 2.05) is 24.3 Å². The third-order valence-electron chi connectivity index (χ3n) is 3.39. The largest absolute Gasteiger partial charge is 0.389 e. The fourth-order valence-corrected chi connectivity index (χ4v) is 2.30. The summed E-state index contributed by atoms with van der Waals surface area (Å²) >= 11 is 0. The average molecular weight is 283 g/mol. The molecule has 6 nitrogen and oxygen atoms in total. The highest BCUT2D eigenvalue weighted by atomic mass is 16.6. The molecule has 3 aromatic rings. The Kier molecular flexibility index (Phi) is 3.15. The Labute approximate surface area is 120 Å². The molecule has 0 saturated carbocycles. The second kappa shape index (κ2) is 4.99. The molecule has 0 amide bonds. The van der Waals surface area contributed by atoms with Crippen LogP contribution >= 0.6 is 0 Å². The highest BCUT2D eigenvalue weighted by Gasteiger charge is 2.19. The summed E-state index contributed by atoms with van der Waals surface area (Å²) in [6, 6.07) is 12.1. The molecule has 21 heavy (non-hydrogen) atoms. The van der Waals surface area contributed by atoms with Crippen molar-refractivity contribution in [3.8, 4) is 5.69 Å². The minimum atomic E-state index is -0.753. The number of nitro groups is 1. The number of hydrogen-bond donors (Lipinski definition) is 1. The number of nitrogens with zero attached hydrogens (tertiary/aromatic N) is 3. The minimum absolute atomic E-state index is 0.0587. The summed E-state index contributed by atoms with van der Waals surface area (Å²) in [7, 11) is 0. The zero-order valence-electron chi connectivity index (χ0n) is 11.3. The molecule has 0 aliphatic heterocycles. The van der Waals surface area contributed by atoms with Crippen LogP contribution in [0, 0.1) is 10.1 Å². The maximum absolute atomic E-state index is 11.3. The molecule has 3 rings (SSSR count). The first-order valence-electron chi connectivity index (χ1n) is 6.47. The van der Waals surface area contributed by atoms with Crippen LogP contribution in [0.3, 0.4) is 0 Å². The molecule has 1 atom stereocenters. The number of aliphatic hydroxyl groups is 1. The molecule has 0 spiro atoms. The van der Waals surface area contributed by atoms with Gasteiger partial charge in [0.15, 0.2) is 0 Å². The van der Waals surface area contributed by atoms with Gasteiger partial charge >= 0.3 is 0 Å². The Morgan fingerprint density at radius 3 is 2.76 bits per heavy atom. The molecule has 106 valence electrons. The van der Waals surface area contributed by atoms with Gasteiger partial charge in [0, 0.05) is 6.07 Å². The Balaban J connectivity index is 2.24. The van der Waals surface area contributed by atoms with Gasteiger partial charge in [-0.05, 0) is 30.7 Å². The molecule has 0 saturated heterocycles. The summed E-state index contributed by atoms with van der Waals surface area (Å²) in [4.78, 5) is 15.1. The molecule has 6 heteroatoms. The standard InChI is InChI=1S/C15H13N3O3/c1-10(19)11-6-7-14(15(8-11)18(20)21)17-9-16-12-4-2-3-5-13(12)17/h2-10,19H,1H3/t10-/m1/s1. The average Bonchev–Trinajstić information content (AvgIpc) is 2.90. The summed E-state index contributed by atoms with van der Waals surface area (Å²) in [6.45, 7) is 1.57. The van der Waals surface area contributed by atoms with Crippen LogP contribution in [0.5, 0.6) is 0 Å². The van der Waals surface area contributed by atoms with E-state index in [2.05, 4.69) is 4.98 Å². The molecule has 2 aromatic carbocycles. The highest BCUT2D eigenvalue weighted by Crippen LogP contribution is 2.29. The molecule has 1 N–H and O–H groups in total. The SMILES string of the molecule is C[C@@H](O)c1ccc(-n2cnc3ccccc32)c([N+](=O)[O-])c1. The van der Waals surface area contributed by atoms with Crippen LogP contribution in [0.1, 0.15) is 18.6 Å². The lowest BCUT2D eigenvalue weighted by molar-refractivity contribution is -0.384. The Hall–Kier alpha value is -2.73. The number of rotatable bonds is 3. The van der Waals surface area contributed by atoms with Crippen molar-refractivity contribution in [2.24, 2.45) is 0 Å². The molecule has 0 unspecified atom stereocenters. The molecular weight excluding hydrogens is 270 g/mol. The quantitative estimate of drug-likeness (QED) is 0.591. The molecule has 0 aliphatic rings. The zero-order chi connectivity index (χ0) is 15.0. The van der Waals surface area contributed by atoms with Crippen LogP contribution in [0.15, 0.2) is 48.8 Å². The van der Waals surface area contributed by atoms with E-state index >= 15 is 0 Å². The number of imidazole rings is 1. The van der Waals surface area contributed by atoms with E-state index in [0.717, 1.165) is 11.0 Å². The first-order chi connectivity index (χ1) is 10.1. The molecule has 1 aromatic heterocycles. The number of benzene rings is 2. The Bertz CT molecular complexity index is 824. The summed E-state index contributed by atoms with van der Waals surface area (Å²) < 4.78 is 1.68. The third kappa shape index (κ3) is 2.25. The second-order valence-corrected chi connectivity index (χ2v) is 4.78. The number of nitro benzene ring substituents is 1. The number of hydrogen-bond acceptors (Lipinski definition) is 4. The summed E-state index contributed by atoms with van der Waals surface area (Å²) in [5.74, 6) is 0. The first-order valence-corrected chi connectivity index (χ1v) is 6.47. The number of aliphatic hydroxyl groups excluding tert-OH is 1. The predicted molar refractivity (Wildman–Crippen MR) is 78.4 cm³/mol. The Morgan fingerprint density at radius 2 is 2.05 bits per heavy atom. The van der Waals surface area contributed by atoms with Gasteiger partial charge in [0.2, 0.25) is 0 Å². The van der Waals surface area contributed by atoms with Crippen molar-refractivity contribution in [1.82, 2.24) is 9.55 Å². The van der Waals surface area contributed by atoms with Gasteiger partial charge in [-0.2, -0.15) is 0 Å². The second-order valence-electron chi connectivity index (χ2n) is 4.78. The van der Waals surface area contributed by atoms with Gasteiger partial charge in [-0.15, -0.1) is 0 Å². The lowest BCUT2D eigenvalue weighted by Gasteiger charge is -2.09. The van der Waals surface area contributed by atoms with Crippen LogP contribution in [-0.2, 0) is 0 Å². The molecule has 0 fully saturated rings. The van der Waals surface area contributed by atoms with Crippen LogP contribution in [0.4, 0.5) is 5.69 Å². The van der Waals surface area contributed by atoms with Crippen LogP contribution in [0.25, 0.3) is 16.7 Å². The van der Waals surface area contributed by atoms with Crippen LogP contribution in [0.2, 0.25) is 0 Å². The minimum Gasteiger partial charge on any atom is -0.389 e. The summed E-state index contributed by atoms with van der Waals surface area (Å²) in [5.41, 5.74) is 2.45. The molecule has 0 bridgehead atoms. The zero-order valence-corrected chi connectivity index (χ0v) is 11.3. The number of para-hydroxylation sites is 2. The van der Waals surface area contributed by atoms with E-state index in [1.54, 1.807) is 30.0 Å². The van der Waals surface area contributed by atoms with Crippen molar-refractivity contribution in [2.45, 2.75) is 13.0 Å². The summed E-state index contributed by atoms with van der Waals surface area (Å²) in [5, 5.41) is 20.9. The molecular formula is C15H13N3O3. The van der Waals surface area contributed by atoms with E-state index in [4.69, 9.17) is 0 Å². The number of aromatic nitrogens is 2. The summed E-state index contributed by atoms with van der Waals surface area (Å²) in [6.07, 6.45) is 0.812. The lowest BCUT2D eigenvalue weighted by atomic mass is 10.1. The van der Waals surface area contributed by atoms with E-state index in [-0.39, 0.29) is 5.69 Å². The maximum Gasteiger partial charge on any atom is 0.293 e. The molecule has 0 aliphatic carbocycles. The molecule has 0 radical (unpaired) electrons. The maximum atomic E-state index is 11.3. The van der Waals surface area contributed by atoms with E-state index in [9.17, 15) is 15.2 Å². The van der Waals surface area contributed by atoms with Crippen molar-refractivity contribution in [3.05, 3.63) is 64.5 Å². The third-order valence-corrected chi connectivity index (χ3v) is 3.39. The van der Waals surface area contributed by atoms with Gasteiger partial charge in [0.1, 0.15) is 12.0 Å². The topological polar surface area (TPSA) is 81.2 Å². The van der Waals surface area contributed by atoms with Crippen molar-refractivity contribution >= 4 is 16.7 Å². The Morgan fingerprint density at radius 1 is 1.29 bits per heavy atom. The normalized spacial score (nSPS) is 12.5. The van der Waals surface area contributed by atoms with Gasteiger partial charge in [0.05, 0.1) is 22.1 Å². The van der Waals surface area contributed by atoms with Crippen molar-refractivity contribution in [2.75, 3.05) is 0 Å². The smallest absolute Gasteiger partial charge is 0.293 e. The van der Waals surface area contributed by atoms with Crippen molar-refractivity contribution in [1.29, 1.82) is 0 Å². The van der Waals surface area contributed by atoms with Gasteiger partial charge in [-0.25, -0.2) is 4.98 Å². The van der Waals surface area contributed by atoms with E-state index < -0.39 is 11.0 Å². The van der Waals surface area contributed by atoms with Gasteiger partial charge in [-0.1, -0.05) is 18.2 Å². The van der Waals surface area contributed by atoms with Crippen LogP contribution < -0.4 is 0 Å². The van der Waals surface area contributed by atoms with Gasteiger partial charge in [0.25, 0.3) is 5.69 Å². The van der Waals surface area contributed by atoms with Crippen molar-refractivity contribution in [3.63, 3.8) is 0 Å². The predicted octanol–water partition coefficient (Wildman–Crippen LogP) is 2.99. The van der Waals surface area contributed by atoms with Gasteiger partial charge in [-0.3, -0.25) is 14.7 Å². The van der Waals surface area contributed by atoms with E-state index in [0.29, 0.717) is 11.3 Å². The van der Waals surface area contributed by atoms with E-state index in [1.165, 1.54) is 6.07 Å². The monoisotopic (exact) mass is 283 g/mol.